The van der Waals surface area contributed by atoms with Crippen LogP contribution in [0.3, 0.4) is 0 Å². The molecule has 1 aromatic carbocycles. The summed E-state index contributed by atoms with van der Waals surface area (Å²) in [6.07, 6.45) is 0. The highest BCUT2D eigenvalue weighted by molar-refractivity contribution is 7.99. The van der Waals surface area contributed by atoms with Crippen LogP contribution in [0.1, 0.15) is 0 Å². The molecule has 8 nitrogen and oxygen atoms in total. The second-order valence-corrected chi connectivity index (χ2v) is 7.13. The van der Waals surface area contributed by atoms with Gasteiger partial charge in [-0.3, -0.25) is 9.59 Å². The molecular formula is C18H22N4O4S. The van der Waals surface area contributed by atoms with Gasteiger partial charge in [-0.05, 0) is 18.2 Å². The number of thioether (sulfide) groups is 1. The maximum Gasteiger partial charge on any atom is 0.267 e. The van der Waals surface area contributed by atoms with Gasteiger partial charge in [0.15, 0.2) is 0 Å². The summed E-state index contributed by atoms with van der Waals surface area (Å²) in [7, 11) is 3.07. The van der Waals surface area contributed by atoms with Gasteiger partial charge in [-0.1, -0.05) is 0 Å². The van der Waals surface area contributed by atoms with Crippen LogP contribution in [-0.4, -0.2) is 54.5 Å². The van der Waals surface area contributed by atoms with Crippen molar-refractivity contribution in [3.8, 4) is 11.5 Å². The van der Waals surface area contributed by atoms with E-state index in [2.05, 4.69) is 15.3 Å². The van der Waals surface area contributed by atoms with E-state index < -0.39 is 0 Å². The number of benzene rings is 1. The summed E-state index contributed by atoms with van der Waals surface area (Å²) < 4.78 is 11.6. The molecule has 0 radical (unpaired) electrons. The molecule has 0 bridgehead atoms. The summed E-state index contributed by atoms with van der Waals surface area (Å²) in [5.74, 6) is 3.50. The number of methoxy groups -OCH3 is 2. The SMILES string of the molecule is COc1ccc(NC(=O)Cn2nc(N3CCSCC3)ccc2=O)c(OC)c1. The van der Waals surface area contributed by atoms with Gasteiger partial charge >= 0.3 is 0 Å². The van der Waals surface area contributed by atoms with Crippen molar-refractivity contribution in [2.75, 3.05) is 49.0 Å². The first-order valence-electron chi connectivity index (χ1n) is 8.53. The fraction of sp³-hybridized carbons (Fsp3) is 0.389. The van der Waals surface area contributed by atoms with Gasteiger partial charge in [-0.2, -0.15) is 16.9 Å². The molecule has 1 fully saturated rings. The van der Waals surface area contributed by atoms with Crippen molar-refractivity contribution in [1.29, 1.82) is 0 Å². The number of nitrogens with one attached hydrogen (secondary N) is 1. The number of hydrogen-bond donors (Lipinski definition) is 1. The molecule has 1 N–H and O–H groups in total. The molecule has 1 aliphatic heterocycles. The van der Waals surface area contributed by atoms with E-state index in [9.17, 15) is 9.59 Å². The molecular weight excluding hydrogens is 368 g/mol. The highest BCUT2D eigenvalue weighted by Gasteiger charge is 2.15. The lowest BCUT2D eigenvalue weighted by molar-refractivity contribution is -0.117. The minimum atomic E-state index is -0.362. The third kappa shape index (κ3) is 4.73. The maximum absolute atomic E-state index is 12.4. The molecule has 9 heteroatoms. The molecule has 144 valence electrons. The summed E-state index contributed by atoms with van der Waals surface area (Å²) in [5.41, 5.74) is 0.183. The standard InChI is InChI=1S/C18H22N4O4S/c1-25-13-3-4-14(15(11-13)26-2)19-17(23)12-22-18(24)6-5-16(20-22)21-7-9-27-10-8-21/h3-6,11H,7-10,12H2,1-2H3,(H,19,23). The number of rotatable bonds is 6. The Kier molecular flexibility index (Phi) is 6.23. The van der Waals surface area contributed by atoms with Crippen LogP contribution >= 0.6 is 11.8 Å². The molecule has 0 atom stereocenters. The average molecular weight is 390 g/mol. The van der Waals surface area contributed by atoms with E-state index in [1.807, 2.05) is 11.8 Å². The molecule has 1 saturated heterocycles. The Bertz CT molecular complexity index is 865. The first-order valence-corrected chi connectivity index (χ1v) is 9.69. The van der Waals surface area contributed by atoms with Crippen molar-refractivity contribution >= 4 is 29.2 Å². The minimum absolute atomic E-state index is 0.176. The Balaban J connectivity index is 1.73. The predicted molar refractivity (Wildman–Crippen MR) is 106 cm³/mol. The topological polar surface area (TPSA) is 85.7 Å². The lowest BCUT2D eigenvalue weighted by atomic mass is 10.2. The van der Waals surface area contributed by atoms with Crippen molar-refractivity contribution < 1.29 is 14.3 Å². The Hall–Kier alpha value is -2.68. The monoisotopic (exact) mass is 390 g/mol. The fourth-order valence-electron chi connectivity index (χ4n) is 2.74. The Labute approximate surface area is 161 Å². The summed E-state index contributed by atoms with van der Waals surface area (Å²) in [6.45, 7) is 1.58. The summed E-state index contributed by atoms with van der Waals surface area (Å²) in [4.78, 5) is 26.7. The molecule has 0 saturated carbocycles. The van der Waals surface area contributed by atoms with Gasteiger partial charge in [0, 0.05) is 36.7 Å². The third-order valence-corrected chi connectivity index (χ3v) is 5.11. The van der Waals surface area contributed by atoms with E-state index in [1.54, 1.807) is 31.4 Å². The highest BCUT2D eigenvalue weighted by Crippen LogP contribution is 2.28. The second-order valence-electron chi connectivity index (χ2n) is 5.90. The van der Waals surface area contributed by atoms with Crippen molar-refractivity contribution in [2.45, 2.75) is 6.54 Å². The van der Waals surface area contributed by atoms with Gasteiger partial charge in [0.25, 0.3) is 5.56 Å². The van der Waals surface area contributed by atoms with Crippen LogP contribution in [-0.2, 0) is 11.3 Å². The van der Waals surface area contributed by atoms with Gasteiger partial charge in [0.2, 0.25) is 5.91 Å². The number of amides is 1. The van der Waals surface area contributed by atoms with E-state index in [0.717, 1.165) is 24.6 Å². The predicted octanol–water partition coefficient (Wildman–Crippen LogP) is 1.45. The second kappa shape index (κ2) is 8.81. The maximum atomic E-state index is 12.4. The molecule has 0 unspecified atom stereocenters. The first-order chi connectivity index (χ1) is 13.1. The average Bonchev–Trinajstić information content (AvgIpc) is 2.70. The zero-order valence-electron chi connectivity index (χ0n) is 15.3. The van der Waals surface area contributed by atoms with Gasteiger partial charge in [-0.25, -0.2) is 4.68 Å². The van der Waals surface area contributed by atoms with E-state index >= 15 is 0 Å². The van der Waals surface area contributed by atoms with Crippen LogP contribution in [0.5, 0.6) is 11.5 Å². The van der Waals surface area contributed by atoms with Crippen molar-refractivity contribution in [3.05, 3.63) is 40.7 Å². The number of anilines is 2. The number of ether oxygens (including phenoxy) is 2. The number of hydrogen-bond acceptors (Lipinski definition) is 7. The molecule has 2 heterocycles. The lowest BCUT2D eigenvalue weighted by Crippen LogP contribution is -2.36. The zero-order valence-corrected chi connectivity index (χ0v) is 16.1. The van der Waals surface area contributed by atoms with E-state index in [1.165, 1.54) is 17.9 Å². The summed E-state index contributed by atoms with van der Waals surface area (Å²) in [5, 5.41) is 7.11. The lowest BCUT2D eigenvalue weighted by Gasteiger charge is -2.27. The zero-order chi connectivity index (χ0) is 19.2. The Morgan fingerprint density at radius 1 is 1.19 bits per heavy atom. The molecule has 1 aromatic heterocycles. The van der Waals surface area contributed by atoms with Crippen molar-refractivity contribution in [1.82, 2.24) is 9.78 Å². The quantitative estimate of drug-likeness (QED) is 0.799. The van der Waals surface area contributed by atoms with E-state index in [0.29, 0.717) is 23.0 Å². The van der Waals surface area contributed by atoms with Crippen LogP contribution in [0.4, 0.5) is 11.5 Å². The van der Waals surface area contributed by atoms with Crippen LogP contribution in [0.2, 0.25) is 0 Å². The van der Waals surface area contributed by atoms with Gasteiger partial charge in [0.1, 0.15) is 23.9 Å². The normalized spacial score (nSPS) is 13.9. The molecule has 27 heavy (non-hydrogen) atoms. The van der Waals surface area contributed by atoms with Crippen LogP contribution in [0.25, 0.3) is 0 Å². The third-order valence-electron chi connectivity index (χ3n) is 4.16. The summed E-state index contributed by atoms with van der Waals surface area (Å²) >= 11 is 1.90. The van der Waals surface area contributed by atoms with Crippen LogP contribution in [0, 0.1) is 0 Å². The van der Waals surface area contributed by atoms with Gasteiger partial charge < -0.3 is 19.7 Å². The number of aromatic nitrogens is 2. The smallest absolute Gasteiger partial charge is 0.267 e. The highest BCUT2D eigenvalue weighted by atomic mass is 32.2. The largest absolute Gasteiger partial charge is 0.497 e. The molecule has 1 aliphatic rings. The molecule has 0 spiro atoms. The summed E-state index contributed by atoms with van der Waals surface area (Å²) in [6, 6.07) is 8.24. The number of carbonyl (C=O) groups is 1. The van der Waals surface area contributed by atoms with Gasteiger partial charge in [0.05, 0.1) is 19.9 Å². The molecule has 2 aromatic rings. The fourth-order valence-corrected chi connectivity index (χ4v) is 3.64. The first kappa shape index (κ1) is 19.1. The molecule has 3 rings (SSSR count). The van der Waals surface area contributed by atoms with Gasteiger partial charge in [-0.15, -0.1) is 0 Å². The molecule has 1 amide bonds. The number of nitrogens with zero attached hydrogens (tertiary/aromatic N) is 3. The van der Waals surface area contributed by atoms with Crippen molar-refractivity contribution in [3.63, 3.8) is 0 Å². The Morgan fingerprint density at radius 2 is 1.96 bits per heavy atom. The Morgan fingerprint density at radius 3 is 2.67 bits per heavy atom. The number of carbonyl (C=O) groups excluding carboxylic acids is 1. The minimum Gasteiger partial charge on any atom is -0.497 e. The van der Waals surface area contributed by atoms with E-state index in [-0.39, 0.29) is 18.0 Å². The van der Waals surface area contributed by atoms with E-state index in [4.69, 9.17) is 9.47 Å². The van der Waals surface area contributed by atoms with Crippen LogP contribution in [0.15, 0.2) is 35.1 Å². The van der Waals surface area contributed by atoms with Crippen LogP contribution < -0.4 is 25.2 Å². The molecule has 0 aliphatic carbocycles. The van der Waals surface area contributed by atoms with Crippen molar-refractivity contribution in [2.24, 2.45) is 0 Å².